The van der Waals surface area contributed by atoms with Gasteiger partial charge in [-0.3, -0.25) is 0 Å². The number of halogens is 1. The first-order valence-electron chi connectivity index (χ1n) is 3.04. The van der Waals surface area contributed by atoms with Crippen molar-refractivity contribution in [3.8, 4) is 0 Å². The van der Waals surface area contributed by atoms with Crippen molar-refractivity contribution < 1.29 is 8.42 Å². The molecule has 6 heteroatoms. The van der Waals surface area contributed by atoms with E-state index in [1.54, 1.807) is 0 Å². The molecule has 0 aromatic heterocycles. The molecule has 0 aliphatic rings. The van der Waals surface area contributed by atoms with Crippen LogP contribution in [-0.4, -0.2) is 8.42 Å². The minimum atomic E-state index is -3.40. The van der Waals surface area contributed by atoms with E-state index in [0.717, 1.165) is 0 Å². The highest BCUT2D eigenvalue weighted by Crippen LogP contribution is 2.11. The highest BCUT2D eigenvalue weighted by molar-refractivity contribution is 9.09. The van der Waals surface area contributed by atoms with Gasteiger partial charge < -0.3 is 5.73 Å². The zero-order valence-corrected chi connectivity index (χ0v) is 8.39. The molecule has 0 aliphatic carbocycles. The minimum absolute atomic E-state index is 0.175. The number of benzene rings is 1. The quantitative estimate of drug-likeness (QED) is 0.604. The van der Waals surface area contributed by atoms with E-state index in [1.165, 1.54) is 24.3 Å². The molecule has 1 aromatic carbocycles. The van der Waals surface area contributed by atoms with Crippen molar-refractivity contribution in [1.29, 1.82) is 0 Å². The maximum absolute atomic E-state index is 11.1. The van der Waals surface area contributed by atoms with Crippen molar-refractivity contribution in [3.05, 3.63) is 24.3 Å². The van der Waals surface area contributed by atoms with E-state index in [4.69, 9.17) is 5.73 Å². The van der Waals surface area contributed by atoms with Gasteiger partial charge in [0.2, 0.25) is 10.0 Å². The van der Waals surface area contributed by atoms with Crippen LogP contribution >= 0.6 is 16.1 Å². The summed E-state index contributed by atoms with van der Waals surface area (Å²) in [6.45, 7) is 0. The molecule has 0 heterocycles. The second-order valence-corrected chi connectivity index (χ2v) is 4.75. The lowest BCUT2D eigenvalue weighted by Gasteiger charge is -2.00. The van der Waals surface area contributed by atoms with Crippen molar-refractivity contribution in [3.63, 3.8) is 0 Å². The van der Waals surface area contributed by atoms with Gasteiger partial charge in [-0.05, 0) is 24.3 Å². The number of nitrogen functional groups attached to an aromatic ring is 1. The Morgan fingerprint density at radius 2 is 1.75 bits per heavy atom. The van der Waals surface area contributed by atoms with Gasteiger partial charge in [0, 0.05) is 21.8 Å². The average molecular weight is 251 g/mol. The lowest BCUT2D eigenvalue weighted by atomic mass is 10.3. The number of nitrogens with one attached hydrogen (secondary N) is 1. The molecule has 4 nitrogen and oxygen atoms in total. The van der Waals surface area contributed by atoms with Gasteiger partial charge in [0.25, 0.3) is 0 Å². The summed E-state index contributed by atoms with van der Waals surface area (Å²) in [6, 6.07) is 5.91. The van der Waals surface area contributed by atoms with Gasteiger partial charge in [0.05, 0.1) is 4.90 Å². The van der Waals surface area contributed by atoms with Crippen LogP contribution in [0, 0.1) is 0 Å². The minimum Gasteiger partial charge on any atom is -0.399 e. The van der Waals surface area contributed by atoms with Crippen LogP contribution in [-0.2, 0) is 10.0 Å². The number of anilines is 1. The largest absolute Gasteiger partial charge is 0.399 e. The van der Waals surface area contributed by atoms with Crippen molar-refractivity contribution >= 4 is 31.9 Å². The molecule has 0 aliphatic heterocycles. The highest BCUT2D eigenvalue weighted by Gasteiger charge is 2.10. The molecule has 0 amide bonds. The Bertz CT molecular complexity index is 360. The molecule has 1 aromatic rings. The van der Waals surface area contributed by atoms with E-state index in [9.17, 15) is 8.42 Å². The lowest BCUT2D eigenvalue weighted by molar-refractivity contribution is 0.595. The van der Waals surface area contributed by atoms with E-state index < -0.39 is 10.0 Å². The summed E-state index contributed by atoms with van der Waals surface area (Å²) in [4.78, 5) is 0.175. The summed E-state index contributed by atoms with van der Waals surface area (Å²) in [6.07, 6.45) is 0. The van der Waals surface area contributed by atoms with Crippen LogP contribution in [0.1, 0.15) is 0 Å². The molecule has 0 unspecified atom stereocenters. The maximum Gasteiger partial charge on any atom is 0.250 e. The Hall–Kier alpha value is -0.590. The van der Waals surface area contributed by atoms with Crippen LogP contribution in [0.2, 0.25) is 0 Å². The fraction of sp³-hybridized carbons (Fsp3) is 0. The number of hydrogen-bond acceptors (Lipinski definition) is 3. The van der Waals surface area contributed by atoms with E-state index in [-0.39, 0.29) is 4.90 Å². The Morgan fingerprint density at radius 3 is 2.17 bits per heavy atom. The lowest BCUT2D eigenvalue weighted by Crippen LogP contribution is -2.12. The normalized spacial score (nSPS) is 11.4. The summed E-state index contributed by atoms with van der Waals surface area (Å²) in [5, 5.41) is 0. The van der Waals surface area contributed by atoms with Crippen LogP contribution < -0.4 is 9.48 Å². The predicted molar refractivity (Wildman–Crippen MR) is 50.1 cm³/mol. The number of rotatable bonds is 2. The molecule has 0 bridgehead atoms. The summed E-state index contributed by atoms with van der Waals surface area (Å²) in [5.41, 5.74) is 5.92. The standard InChI is InChI=1S/C6H7BrN2O2S/c7-9-12(10,11)6-3-1-5(8)2-4-6/h1-4,9H,8H2. The van der Waals surface area contributed by atoms with Gasteiger partial charge in [-0.1, -0.05) is 0 Å². The zero-order chi connectivity index (χ0) is 9.19. The van der Waals surface area contributed by atoms with Crippen molar-refractivity contribution in [2.75, 3.05) is 5.73 Å². The van der Waals surface area contributed by atoms with Gasteiger partial charge in [-0.15, -0.1) is 3.75 Å². The third-order valence-electron chi connectivity index (χ3n) is 1.29. The Kier molecular flexibility index (Phi) is 2.71. The van der Waals surface area contributed by atoms with Gasteiger partial charge in [-0.2, -0.15) is 0 Å². The van der Waals surface area contributed by atoms with Gasteiger partial charge in [-0.25, -0.2) is 8.42 Å². The van der Waals surface area contributed by atoms with E-state index in [0.29, 0.717) is 5.69 Å². The second-order valence-electron chi connectivity index (χ2n) is 2.15. The first-order valence-corrected chi connectivity index (χ1v) is 5.32. The van der Waals surface area contributed by atoms with Gasteiger partial charge in [0.15, 0.2) is 0 Å². The molecule has 0 radical (unpaired) electrons. The van der Waals surface area contributed by atoms with Crippen molar-refractivity contribution in [1.82, 2.24) is 3.75 Å². The summed E-state index contributed by atoms with van der Waals surface area (Å²) in [7, 11) is -3.40. The Balaban J connectivity index is 3.14. The zero-order valence-electron chi connectivity index (χ0n) is 5.99. The van der Waals surface area contributed by atoms with E-state index >= 15 is 0 Å². The molecule has 1 rings (SSSR count). The van der Waals surface area contributed by atoms with Crippen LogP contribution in [0.25, 0.3) is 0 Å². The smallest absolute Gasteiger partial charge is 0.250 e. The molecule has 66 valence electrons. The number of nitrogens with two attached hydrogens (primary N) is 1. The molecule has 0 spiro atoms. The molecule has 0 saturated heterocycles. The van der Waals surface area contributed by atoms with E-state index in [1.807, 2.05) is 3.75 Å². The highest BCUT2D eigenvalue weighted by atomic mass is 79.9. The molecule has 0 saturated carbocycles. The van der Waals surface area contributed by atoms with Crippen molar-refractivity contribution in [2.45, 2.75) is 4.90 Å². The summed E-state index contributed by atoms with van der Waals surface area (Å²) >= 11 is 2.66. The van der Waals surface area contributed by atoms with Gasteiger partial charge >= 0.3 is 0 Å². The monoisotopic (exact) mass is 250 g/mol. The average Bonchev–Trinajstić information content (AvgIpc) is 2.05. The first kappa shape index (κ1) is 9.50. The van der Waals surface area contributed by atoms with Crippen LogP contribution in [0.5, 0.6) is 0 Å². The van der Waals surface area contributed by atoms with Crippen LogP contribution in [0.15, 0.2) is 29.2 Å². The van der Waals surface area contributed by atoms with Crippen LogP contribution in [0.3, 0.4) is 0 Å². The summed E-state index contributed by atoms with van der Waals surface area (Å²) < 4.78 is 24.2. The molecular formula is C6H7BrN2O2S. The third kappa shape index (κ3) is 1.96. The first-order chi connectivity index (χ1) is 5.56. The maximum atomic E-state index is 11.1. The van der Waals surface area contributed by atoms with Gasteiger partial charge in [0.1, 0.15) is 0 Å². The fourth-order valence-corrected chi connectivity index (χ4v) is 1.84. The molecule has 3 N–H and O–H groups in total. The molecular weight excluding hydrogens is 244 g/mol. The second kappa shape index (κ2) is 3.42. The summed E-state index contributed by atoms with van der Waals surface area (Å²) in [5.74, 6) is 0. The predicted octanol–water partition coefficient (Wildman–Crippen LogP) is 0.857. The fourth-order valence-electron chi connectivity index (χ4n) is 0.692. The third-order valence-corrected chi connectivity index (χ3v) is 3.67. The van der Waals surface area contributed by atoms with E-state index in [2.05, 4.69) is 16.1 Å². The molecule has 0 atom stereocenters. The van der Waals surface area contributed by atoms with Crippen molar-refractivity contribution in [2.24, 2.45) is 0 Å². The molecule has 0 fully saturated rings. The van der Waals surface area contributed by atoms with Crippen LogP contribution in [0.4, 0.5) is 5.69 Å². The number of sulfonamides is 1. The topological polar surface area (TPSA) is 72.2 Å². The Morgan fingerprint density at radius 1 is 1.25 bits per heavy atom. The number of hydrogen-bond donors (Lipinski definition) is 2. The molecule has 12 heavy (non-hydrogen) atoms. The Labute approximate surface area is 79.2 Å². The SMILES string of the molecule is Nc1ccc(S(=O)(=O)NBr)cc1.